The molecule has 0 fully saturated rings. The van der Waals surface area contributed by atoms with Crippen molar-refractivity contribution in [2.24, 2.45) is 0 Å². The summed E-state index contributed by atoms with van der Waals surface area (Å²) in [6.45, 7) is 6.27. The monoisotopic (exact) mass is 343 g/mol. The third-order valence-electron chi connectivity index (χ3n) is 1.45. The Hall–Kier alpha value is 0.220. The molecule has 0 aromatic carbocycles. The van der Waals surface area contributed by atoms with E-state index in [4.69, 9.17) is 5.73 Å². The first-order chi connectivity index (χ1) is 5.34. The summed E-state index contributed by atoms with van der Waals surface area (Å²) < 4.78 is 3.61. The molecule has 0 unspecified atom stereocenters. The average molecular weight is 344 g/mol. The Balaban J connectivity index is 3.28. The summed E-state index contributed by atoms with van der Waals surface area (Å²) in [7, 11) is 0. The van der Waals surface area contributed by atoms with Crippen LogP contribution in [-0.4, -0.2) is 9.78 Å². The van der Waals surface area contributed by atoms with Crippen LogP contribution >= 0.6 is 38.5 Å². The van der Waals surface area contributed by atoms with Crippen LogP contribution in [0.25, 0.3) is 0 Å². The van der Waals surface area contributed by atoms with Crippen molar-refractivity contribution in [2.75, 3.05) is 5.73 Å². The highest BCUT2D eigenvalue weighted by atomic mass is 127. The van der Waals surface area contributed by atoms with Gasteiger partial charge in [0.2, 0.25) is 0 Å². The molecule has 0 amide bonds. The Labute approximate surface area is 94.0 Å². The Morgan fingerprint density at radius 2 is 2.00 bits per heavy atom. The largest absolute Gasteiger partial charge is 0.394 e. The van der Waals surface area contributed by atoms with Crippen molar-refractivity contribution in [1.29, 1.82) is 0 Å². The lowest BCUT2D eigenvalue weighted by atomic mass is 10.1. The van der Waals surface area contributed by atoms with Crippen LogP contribution in [0, 0.1) is 3.70 Å². The Morgan fingerprint density at radius 1 is 1.50 bits per heavy atom. The smallest absolute Gasteiger partial charge is 0.152 e. The van der Waals surface area contributed by atoms with Crippen LogP contribution in [0.4, 0.5) is 5.69 Å². The van der Waals surface area contributed by atoms with Gasteiger partial charge in [0.15, 0.2) is 4.60 Å². The average Bonchev–Trinajstić information content (AvgIpc) is 2.15. The number of nitrogen functional groups attached to an aromatic ring is 1. The van der Waals surface area contributed by atoms with Gasteiger partial charge in [-0.2, -0.15) is 5.10 Å². The quantitative estimate of drug-likeness (QED) is 0.736. The van der Waals surface area contributed by atoms with Gasteiger partial charge in [0.05, 0.1) is 11.2 Å². The van der Waals surface area contributed by atoms with E-state index < -0.39 is 0 Å². The van der Waals surface area contributed by atoms with Crippen LogP contribution in [0.5, 0.6) is 0 Å². The number of hydrogen-bond donors (Lipinski definition) is 1. The van der Waals surface area contributed by atoms with Gasteiger partial charge in [-0.15, -0.1) is 0 Å². The molecule has 2 N–H and O–H groups in total. The van der Waals surface area contributed by atoms with Crippen molar-refractivity contribution in [3.63, 3.8) is 0 Å². The zero-order valence-corrected chi connectivity index (χ0v) is 11.0. The molecule has 0 saturated heterocycles. The third kappa shape index (κ3) is 1.76. The van der Waals surface area contributed by atoms with Crippen LogP contribution in [0.2, 0.25) is 0 Å². The van der Waals surface area contributed by atoms with Crippen LogP contribution < -0.4 is 5.73 Å². The molecule has 0 saturated carbocycles. The first-order valence-electron chi connectivity index (χ1n) is 3.54. The predicted octanol–water partition coefficient (Wildman–Crippen LogP) is 2.59. The molecule has 0 aliphatic heterocycles. The van der Waals surface area contributed by atoms with Crippen LogP contribution in [0.15, 0.2) is 4.60 Å². The maximum atomic E-state index is 5.76. The summed E-state index contributed by atoms with van der Waals surface area (Å²) in [5, 5.41) is 4.28. The van der Waals surface area contributed by atoms with Gasteiger partial charge in [0.25, 0.3) is 0 Å². The summed E-state index contributed by atoms with van der Waals surface area (Å²) in [6.07, 6.45) is 0. The van der Waals surface area contributed by atoms with Gasteiger partial charge in [-0.05, 0) is 59.3 Å². The Kier molecular flexibility index (Phi) is 2.72. The number of halogens is 2. The fourth-order valence-corrected chi connectivity index (χ4v) is 2.63. The minimum Gasteiger partial charge on any atom is -0.394 e. The van der Waals surface area contributed by atoms with Gasteiger partial charge >= 0.3 is 0 Å². The summed E-state index contributed by atoms with van der Waals surface area (Å²) in [4.78, 5) is 0. The van der Waals surface area contributed by atoms with Gasteiger partial charge < -0.3 is 5.73 Å². The second-order valence-corrected chi connectivity index (χ2v) is 5.35. The molecule has 1 heterocycles. The molecule has 68 valence electrons. The van der Waals surface area contributed by atoms with Gasteiger partial charge in [-0.1, -0.05) is 0 Å². The van der Waals surface area contributed by atoms with E-state index in [1.807, 2.05) is 4.68 Å². The summed E-state index contributed by atoms with van der Waals surface area (Å²) in [5.74, 6) is 0. The van der Waals surface area contributed by atoms with E-state index in [9.17, 15) is 0 Å². The number of hydrogen-bond acceptors (Lipinski definition) is 2. The second kappa shape index (κ2) is 3.17. The molecular formula is C7H11BrIN3. The van der Waals surface area contributed by atoms with E-state index >= 15 is 0 Å². The molecule has 12 heavy (non-hydrogen) atoms. The first-order valence-corrected chi connectivity index (χ1v) is 5.41. The molecule has 3 nitrogen and oxygen atoms in total. The zero-order chi connectivity index (χ0) is 9.52. The SMILES string of the molecule is CC(C)(C)n1nc(Br)c(N)c1I. The highest BCUT2D eigenvalue weighted by molar-refractivity contribution is 14.1. The number of anilines is 1. The highest BCUT2D eigenvalue weighted by Crippen LogP contribution is 2.28. The number of nitrogens with two attached hydrogens (primary N) is 1. The van der Waals surface area contributed by atoms with Crippen molar-refractivity contribution in [2.45, 2.75) is 26.3 Å². The molecule has 1 aromatic rings. The third-order valence-corrected chi connectivity index (χ3v) is 3.08. The molecule has 0 spiro atoms. The molecule has 0 atom stereocenters. The standard InChI is InChI=1S/C7H11BrIN3/c1-7(2,3)12-6(9)4(10)5(8)11-12/h10H2,1-3H3. The number of aromatic nitrogens is 2. The van der Waals surface area contributed by atoms with E-state index in [2.05, 4.69) is 64.4 Å². The van der Waals surface area contributed by atoms with Crippen molar-refractivity contribution < 1.29 is 0 Å². The van der Waals surface area contributed by atoms with Crippen molar-refractivity contribution >= 4 is 44.2 Å². The molecular weight excluding hydrogens is 333 g/mol. The molecule has 0 aliphatic rings. The Bertz CT molecular complexity index is 300. The molecule has 1 aromatic heterocycles. The molecule has 0 bridgehead atoms. The van der Waals surface area contributed by atoms with E-state index in [-0.39, 0.29) is 5.54 Å². The topological polar surface area (TPSA) is 43.8 Å². The molecule has 5 heteroatoms. The normalized spacial score (nSPS) is 12.1. The lowest BCUT2D eigenvalue weighted by Crippen LogP contribution is -2.24. The maximum absolute atomic E-state index is 5.76. The zero-order valence-electron chi connectivity index (χ0n) is 7.23. The number of nitrogens with zero attached hydrogens (tertiary/aromatic N) is 2. The van der Waals surface area contributed by atoms with Gasteiger partial charge in [0, 0.05) is 0 Å². The number of rotatable bonds is 0. The van der Waals surface area contributed by atoms with E-state index in [1.165, 1.54) is 0 Å². The fraction of sp³-hybridized carbons (Fsp3) is 0.571. The van der Waals surface area contributed by atoms with E-state index in [0.717, 1.165) is 8.30 Å². The summed E-state index contributed by atoms with van der Waals surface area (Å²) in [6, 6.07) is 0. The molecule has 0 aliphatic carbocycles. The minimum atomic E-state index is -0.0172. The van der Waals surface area contributed by atoms with Gasteiger partial charge in [0.1, 0.15) is 3.70 Å². The summed E-state index contributed by atoms with van der Waals surface area (Å²) >= 11 is 5.49. The molecule has 0 radical (unpaired) electrons. The fourth-order valence-electron chi connectivity index (χ4n) is 0.829. The van der Waals surface area contributed by atoms with Crippen LogP contribution in [0.3, 0.4) is 0 Å². The van der Waals surface area contributed by atoms with Crippen molar-refractivity contribution in [3.8, 4) is 0 Å². The lowest BCUT2D eigenvalue weighted by molar-refractivity contribution is 0.346. The molecule has 1 rings (SSSR count). The van der Waals surface area contributed by atoms with Crippen LogP contribution in [-0.2, 0) is 5.54 Å². The van der Waals surface area contributed by atoms with Crippen molar-refractivity contribution in [3.05, 3.63) is 8.30 Å². The minimum absolute atomic E-state index is 0.0172. The maximum Gasteiger partial charge on any atom is 0.152 e. The van der Waals surface area contributed by atoms with Crippen molar-refractivity contribution in [1.82, 2.24) is 9.78 Å². The Morgan fingerprint density at radius 3 is 2.17 bits per heavy atom. The van der Waals surface area contributed by atoms with Gasteiger partial charge in [-0.3, -0.25) is 4.68 Å². The van der Waals surface area contributed by atoms with E-state index in [0.29, 0.717) is 5.69 Å². The first kappa shape index (κ1) is 10.3. The summed E-state index contributed by atoms with van der Waals surface area (Å²) in [5.41, 5.74) is 6.46. The lowest BCUT2D eigenvalue weighted by Gasteiger charge is -2.20. The highest BCUT2D eigenvalue weighted by Gasteiger charge is 2.20. The van der Waals surface area contributed by atoms with Gasteiger partial charge in [-0.25, -0.2) is 0 Å². The van der Waals surface area contributed by atoms with E-state index in [1.54, 1.807) is 0 Å². The second-order valence-electron chi connectivity index (χ2n) is 3.58. The van der Waals surface area contributed by atoms with Crippen LogP contribution in [0.1, 0.15) is 20.8 Å². The predicted molar refractivity (Wildman–Crippen MR) is 62.1 cm³/mol.